The number of aldehydes is 1. The standard InChI is InChI=1S/C15H13N3O3/c16-14(9-19)17-18-15(21)11-5-3-4-10(8-11)12-6-1-2-7-13(12)20/h1-9,20H,(H2,16,17)(H,18,21). The van der Waals surface area contributed by atoms with Crippen LogP contribution in [-0.2, 0) is 4.79 Å². The highest BCUT2D eigenvalue weighted by atomic mass is 16.3. The van der Waals surface area contributed by atoms with Crippen LogP contribution in [0.3, 0.4) is 0 Å². The lowest BCUT2D eigenvalue weighted by Gasteiger charge is -2.06. The minimum atomic E-state index is -0.503. The van der Waals surface area contributed by atoms with Gasteiger partial charge in [-0.1, -0.05) is 30.3 Å². The van der Waals surface area contributed by atoms with Gasteiger partial charge in [0, 0.05) is 11.1 Å². The fraction of sp³-hybridized carbons (Fsp3) is 0. The topological polar surface area (TPSA) is 105 Å². The molecule has 0 bridgehead atoms. The van der Waals surface area contributed by atoms with Crippen molar-refractivity contribution in [2.24, 2.45) is 10.8 Å². The van der Waals surface area contributed by atoms with Crippen molar-refractivity contribution < 1.29 is 14.7 Å². The van der Waals surface area contributed by atoms with E-state index < -0.39 is 5.91 Å². The smallest absolute Gasteiger partial charge is 0.271 e. The zero-order chi connectivity index (χ0) is 15.2. The Morgan fingerprint density at radius 2 is 1.95 bits per heavy atom. The van der Waals surface area contributed by atoms with Crippen LogP contribution in [-0.4, -0.2) is 23.1 Å². The molecule has 0 aliphatic heterocycles. The molecule has 0 heterocycles. The molecule has 0 saturated heterocycles. The summed E-state index contributed by atoms with van der Waals surface area (Å²) in [5.74, 6) is -0.699. The van der Waals surface area contributed by atoms with E-state index in [2.05, 4.69) is 10.5 Å². The molecular weight excluding hydrogens is 270 g/mol. The molecular formula is C15H13N3O3. The lowest BCUT2D eigenvalue weighted by Crippen LogP contribution is -2.23. The first-order valence-corrected chi connectivity index (χ1v) is 6.09. The zero-order valence-electron chi connectivity index (χ0n) is 11.0. The van der Waals surface area contributed by atoms with E-state index in [1.54, 1.807) is 48.5 Å². The molecule has 6 heteroatoms. The molecule has 2 aromatic rings. The SMILES string of the molecule is N/C(C=O)=N\NC(=O)c1cccc(-c2ccccc2O)c1. The average Bonchev–Trinajstić information content (AvgIpc) is 2.52. The highest BCUT2D eigenvalue weighted by Crippen LogP contribution is 2.28. The maximum Gasteiger partial charge on any atom is 0.271 e. The van der Waals surface area contributed by atoms with Gasteiger partial charge in [-0.2, -0.15) is 5.10 Å². The number of aromatic hydroxyl groups is 1. The van der Waals surface area contributed by atoms with Crippen molar-refractivity contribution in [3.63, 3.8) is 0 Å². The fourth-order valence-corrected chi connectivity index (χ4v) is 1.75. The number of amides is 1. The Balaban J connectivity index is 2.28. The second-order valence-electron chi connectivity index (χ2n) is 4.19. The van der Waals surface area contributed by atoms with E-state index in [-0.39, 0.29) is 11.6 Å². The van der Waals surface area contributed by atoms with Crippen molar-refractivity contribution in [2.75, 3.05) is 0 Å². The van der Waals surface area contributed by atoms with Gasteiger partial charge in [-0.05, 0) is 23.8 Å². The Kier molecular flexibility index (Phi) is 4.30. The van der Waals surface area contributed by atoms with E-state index in [1.807, 2.05) is 0 Å². The number of phenolic OH excluding ortho intramolecular Hbond substituents is 1. The second kappa shape index (κ2) is 6.33. The summed E-state index contributed by atoms with van der Waals surface area (Å²) >= 11 is 0. The Morgan fingerprint density at radius 3 is 2.67 bits per heavy atom. The summed E-state index contributed by atoms with van der Waals surface area (Å²) in [5, 5.41) is 13.2. The number of benzene rings is 2. The van der Waals surface area contributed by atoms with Gasteiger partial charge in [0.25, 0.3) is 5.91 Å². The molecule has 4 N–H and O–H groups in total. The maximum absolute atomic E-state index is 11.9. The summed E-state index contributed by atoms with van der Waals surface area (Å²) < 4.78 is 0. The van der Waals surface area contributed by atoms with Gasteiger partial charge in [0.15, 0.2) is 12.1 Å². The quantitative estimate of drug-likeness (QED) is 0.340. The first kappa shape index (κ1) is 14.3. The Labute approximate surface area is 120 Å². The molecule has 0 aliphatic rings. The van der Waals surface area contributed by atoms with Gasteiger partial charge in [0.2, 0.25) is 0 Å². The maximum atomic E-state index is 11.9. The summed E-state index contributed by atoms with van der Waals surface area (Å²) in [4.78, 5) is 22.2. The van der Waals surface area contributed by atoms with Crippen LogP contribution < -0.4 is 11.2 Å². The number of amidine groups is 1. The first-order chi connectivity index (χ1) is 10.1. The van der Waals surface area contributed by atoms with Gasteiger partial charge in [-0.15, -0.1) is 0 Å². The number of rotatable bonds is 4. The fourth-order valence-electron chi connectivity index (χ4n) is 1.75. The summed E-state index contributed by atoms with van der Waals surface area (Å²) in [6.07, 6.45) is 0.332. The number of hydrogen-bond donors (Lipinski definition) is 3. The Morgan fingerprint density at radius 1 is 1.19 bits per heavy atom. The van der Waals surface area contributed by atoms with E-state index in [0.29, 0.717) is 23.0 Å². The number of nitrogens with two attached hydrogens (primary N) is 1. The number of para-hydroxylation sites is 1. The molecule has 106 valence electrons. The molecule has 0 spiro atoms. The average molecular weight is 283 g/mol. The lowest BCUT2D eigenvalue weighted by atomic mass is 10.0. The van der Waals surface area contributed by atoms with Crippen molar-refractivity contribution in [1.29, 1.82) is 0 Å². The highest BCUT2D eigenvalue weighted by molar-refractivity contribution is 6.26. The number of phenols is 1. The van der Waals surface area contributed by atoms with Gasteiger partial charge in [-0.25, -0.2) is 5.43 Å². The summed E-state index contributed by atoms with van der Waals surface area (Å²) in [5.41, 5.74) is 8.98. The van der Waals surface area contributed by atoms with E-state index >= 15 is 0 Å². The van der Waals surface area contributed by atoms with Crippen LogP contribution in [0.15, 0.2) is 53.6 Å². The Bertz CT molecular complexity index is 711. The molecule has 0 radical (unpaired) electrons. The third kappa shape index (κ3) is 3.44. The largest absolute Gasteiger partial charge is 0.507 e. The molecule has 6 nitrogen and oxygen atoms in total. The van der Waals surface area contributed by atoms with Crippen molar-refractivity contribution >= 4 is 18.0 Å². The monoisotopic (exact) mass is 283 g/mol. The van der Waals surface area contributed by atoms with Gasteiger partial charge >= 0.3 is 0 Å². The van der Waals surface area contributed by atoms with E-state index in [0.717, 1.165) is 0 Å². The first-order valence-electron chi connectivity index (χ1n) is 6.09. The predicted octanol–water partition coefficient (Wildman–Crippen LogP) is 1.26. The summed E-state index contributed by atoms with van der Waals surface area (Å²) in [6.45, 7) is 0. The van der Waals surface area contributed by atoms with Crippen LogP contribution in [0.2, 0.25) is 0 Å². The number of hydrogen-bond acceptors (Lipinski definition) is 4. The van der Waals surface area contributed by atoms with E-state index in [1.165, 1.54) is 0 Å². The van der Waals surface area contributed by atoms with Gasteiger partial charge in [-0.3, -0.25) is 9.59 Å². The van der Waals surface area contributed by atoms with Crippen LogP contribution in [0.1, 0.15) is 10.4 Å². The van der Waals surface area contributed by atoms with Crippen LogP contribution in [0.5, 0.6) is 5.75 Å². The van der Waals surface area contributed by atoms with Crippen LogP contribution in [0, 0.1) is 0 Å². The molecule has 1 amide bonds. The minimum absolute atomic E-state index is 0.123. The van der Waals surface area contributed by atoms with E-state index in [4.69, 9.17) is 5.73 Å². The normalized spacial score (nSPS) is 11.0. The summed E-state index contributed by atoms with van der Waals surface area (Å²) in [7, 11) is 0. The van der Waals surface area contributed by atoms with Crippen LogP contribution in [0.25, 0.3) is 11.1 Å². The molecule has 0 fully saturated rings. The number of carbonyl (C=O) groups excluding carboxylic acids is 2. The number of carbonyl (C=O) groups is 2. The molecule has 0 aromatic heterocycles. The lowest BCUT2D eigenvalue weighted by molar-refractivity contribution is -0.102. The van der Waals surface area contributed by atoms with Crippen molar-refractivity contribution in [1.82, 2.24) is 5.43 Å². The Hall–Kier alpha value is -3.15. The van der Waals surface area contributed by atoms with Crippen molar-refractivity contribution in [3.8, 4) is 16.9 Å². The molecule has 2 aromatic carbocycles. The third-order valence-electron chi connectivity index (χ3n) is 2.75. The molecule has 0 saturated carbocycles. The molecule has 21 heavy (non-hydrogen) atoms. The second-order valence-corrected chi connectivity index (χ2v) is 4.19. The zero-order valence-corrected chi connectivity index (χ0v) is 11.0. The predicted molar refractivity (Wildman–Crippen MR) is 78.7 cm³/mol. The number of hydrazone groups is 1. The number of nitrogens with one attached hydrogen (secondary N) is 1. The third-order valence-corrected chi connectivity index (χ3v) is 2.75. The van der Waals surface area contributed by atoms with Gasteiger partial charge in [0.1, 0.15) is 5.75 Å². The van der Waals surface area contributed by atoms with Gasteiger partial charge < -0.3 is 10.8 Å². The molecule has 0 aliphatic carbocycles. The van der Waals surface area contributed by atoms with Gasteiger partial charge in [0.05, 0.1) is 0 Å². The number of nitrogens with zero attached hydrogens (tertiary/aromatic N) is 1. The van der Waals surface area contributed by atoms with Crippen LogP contribution >= 0.6 is 0 Å². The minimum Gasteiger partial charge on any atom is -0.507 e. The highest BCUT2D eigenvalue weighted by Gasteiger charge is 2.08. The molecule has 0 unspecified atom stereocenters. The van der Waals surface area contributed by atoms with Crippen molar-refractivity contribution in [3.05, 3.63) is 54.1 Å². The molecule has 2 rings (SSSR count). The summed E-state index contributed by atoms with van der Waals surface area (Å²) in [6, 6.07) is 13.5. The van der Waals surface area contributed by atoms with Crippen LogP contribution in [0.4, 0.5) is 0 Å². The van der Waals surface area contributed by atoms with Crippen molar-refractivity contribution in [2.45, 2.75) is 0 Å². The van der Waals surface area contributed by atoms with E-state index in [9.17, 15) is 14.7 Å². The molecule has 0 atom stereocenters.